The Bertz CT molecular complexity index is 407. The summed E-state index contributed by atoms with van der Waals surface area (Å²) in [6.45, 7) is 6.99. The number of carbonyl (C=O) groups excluding carboxylic acids is 1. The summed E-state index contributed by atoms with van der Waals surface area (Å²) in [6.07, 6.45) is 0. The van der Waals surface area contributed by atoms with Crippen LogP contribution in [0.3, 0.4) is 0 Å². The Morgan fingerprint density at radius 2 is 2.00 bits per heavy atom. The van der Waals surface area contributed by atoms with Gasteiger partial charge in [0.25, 0.3) is 0 Å². The predicted molar refractivity (Wildman–Crippen MR) is 75.4 cm³/mol. The molecule has 1 atom stereocenters. The average molecular weight is 269 g/mol. The lowest BCUT2D eigenvalue weighted by atomic mass is 10.0. The van der Waals surface area contributed by atoms with E-state index >= 15 is 0 Å². The number of nitrogens with two attached hydrogens (primary N) is 1. The molecular weight excluding hydrogens is 248 g/mol. The van der Waals surface area contributed by atoms with Crippen LogP contribution in [0.5, 0.6) is 0 Å². The molecule has 0 unspecified atom stereocenters. The van der Waals surface area contributed by atoms with Gasteiger partial charge in [-0.2, -0.15) is 0 Å². The zero-order chi connectivity index (χ0) is 13.7. The number of amides is 1. The van der Waals surface area contributed by atoms with Crippen LogP contribution in [0.1, 0.15) is 26.3 Å². The molecule has 0 spiro atoms. The van der Waals surface area contributed by atoms with Gasteiger partial charge in [0, 0.05) is 18.1 Å². The third kappa shape index (κ3) is 3.72. The number of likely N-dealkylation sites (N-methyl/N-ethyl adjacent to an activating group) is 1. The molecule has 0 aliphatic rings. The molecular formula is C14H21ClN2O. The lowest BCUT2D eigenvalue weighted by molar-refractivity contribution is -0.134. The van der Waals surface area contributed by atoms with Crippen molar-refractivity contribution in [2.45, 2.75) is 33.4 Å². The van der Waals surface area contributed by atoms with Gasteiger partial charge in [-0.05, 0) is 24.5 Å². The molecule has 100 valence electrons. The van der Waals surface area contributed by atoms with Crippen molar-refractivity contribution in [3.63, 3.8) is 0 Å². The number of halogens is 1. The quantitative estimate of drug-likeness (QED) is 0.892. The molecule has 0 fully saturated rings. The lowest BCUT2D eigenvalue weighted by Gasteiger charge is -2.26. The highest BCUT2D eigenvalue weighted by Crippen LogP contribution is 2.17. The third-order valence-corrected chi connectivity index (χ3v) is 3.38. The first-order valence-electron chi connectivity index (χ1n) is 6.25. The van der Waals surface area contributed by atoms with E-state index < -0.39 is 6.04 Å². The second kappa shape index (κ2) is 6.76. The van der Waals surface area contributed by atoms with Crippen molar-refractivity contribution in [1.82, 2.24) is 4.90 Å². The van der Waals surface area contributed by atoms with E-state index in [-0.39, 0.29) is 11.8 Å². The molecule has 2 N–H and O–H groups in total. The van der Waals surface area contributed by atoms with E-state index in [2.05, 4.69) is 0 Å². The molecule has 0 saturated carbocycles. The number of nitrogens with zero attached hydrogens (tertiary/aromatic N) is 1. The second-order valence-corrected chi connectivity index (χ2v) is 5.12. The van der Waals surface area contributed by atoms with Crippen LogP contribution in [-0.4, -0.2) is 23.4 Å². The van der Waals surface area contributed by atoms with Gasteiger partial charge in [-0.1, -0.05) is 43.6 Å². The summed E-state index contributed by atoms with van der Waals surface area (Å²) in [6, 6.07) is 7.11. The molecule has 0 bridgehead atoms. The van der Waals surface area contributed by atoms with Crippen molar-refractivity contribution in [3.8, 4) is 0 Å². The van der Waals surface area contributed by atoms with Gasteiger partial charge in [-0.3, -0.25) is 4.79 Å². The largest absolute Gasteiger partial charge is 0.337 e. The molecule has 18 heavy (non-hydrogen) atoms. The van der Waals surface area contributed by atoms with Crippen molar-refractivity contribution in [3.05, 3.63) is 34.9 Å². The predicted octanol–water partition coefficient (Wildman–Crippen LogP) is 2.67. The van der Waals surface area contributed by atoms with Crippen LogP contribution in [0.15, 0.2) is 24.3 Å². The fourth-order valence-corrected chi connectivity index (χ4v) is 1.87. The molecule has 1 aromatic carbocycles. The van der Waals surface area contributed by atoms with Crippen LogP contribution >= 0.6 is 11.6 Å². The Hall–Kier alpha value is -1.06. The van der Waals surface area contributed by atoms with Gasteiger partial charge in [0.05, 0.1) is 6.04 Å². The van der Waals surface area contributed by atoms with E-state index in [1.165, 1.54) is 0 Å². The molecule has 0 radical (unpaired) electrons. The number of carbonyl (C=O) groups is 1. The standard InChI is InChI=1S/C14H21ClN2O/c1-4-17(14(18)13(16)10(2)3)9-11-7-5-6-8-12(11)15/h5-8,10,13H,4,9,16H2,1-3H3/t13-/m1/s1. The molecule has 1 amide bonds. The van der Waals surface area contributed by atoms with Gasteiger partial charge in [-0.25, -0.2) is 0 Å². The smallest absolute Gasteiger partial charge is 0.240 e. The molecule has 1 rings (SSSR count). The SMILES string of the molecule is CCN(Cc1ccccc1Cl)C(=O)[C@H](N)C(C)C. The van der Waals surface area contributed by atoms with Gasteiger partial charge >= 0.3 is 0 Å². The summed E-state index contributed by atoms with van der Waals surface area (Å²) in [5.74, 6) is 0.116. The number of hydrogen-bond acceptors (Lipinski definition) is 2. The monoisotopic (exact) mass is 268 g/mol. The number of rotatable bonds is 5. The fourth-order valence-electron chi connectivity index (χ4n) is 1.67. The van der Waals surface area contributed by atoms with Crippen LogP contribution in [0.4, 0.5) is 0 Å². The summed E-state index contributed by atoms with van der Waals surface area (Å²) >= 11 is 6.10. The lowest BCUT2D eigenvalue weighted by Crippen LogP contribution is -2.46. The van der Waals surface area contributed by atoms with Crippen molar-refractivity contribution in [2.24, 2.45) is 11.7 Å². The minimum atomic E-state index is -0.451. The second-order valence-electron chi connectivity index (χ2n) is 4.71. The summed E-state index contributed by atoms with van der Waals surface area (Å²) in [5, 5.41) is 0.682. The van der Waals surface area contributed by atoms with Gasteiger partial charge in [0.15, 0.2) is 0 Å². The highest BCUT2D eigenvalue weighted by Gasteiger charge is 2.22. The summed E-state index contributed by atoms with van der Waals surface area (Å²) in [5.41, 5.74) is 6.85. The van der Waals surface area contributed by atoms with Crippen molar-refractivity contribution < 1.29 is 4.79 Å². The maximum atomic E-state index is 12.2. The Kier molecular flexibility index (Phi) is 5.63. The first kappa shape index (κ1) is 15.0. The van der Waals surface area contributed by atoms with Crippen LogP contribution in [0.25, 0.3) is 0 Å². The Labute approximate surface area is 114 Å². The molecule has 0 saturated heterocycles. The topological polar surface area (TPSA) is 46.3 Å². The third-order valence-electron chi connectivity index (χ3n) is 3.02. The number of hydrogen-bond donors (Lipinski definition) is 1. The van der Waals surface area contributed by atoms with Crippen molar-refractivity contribution in [2.75, 3.05) is 6.54 Å². The van der Waals surface area contributed by atoms with E-state index in [1.807, 2.05) is 45.0 Å². The zero-order valence-electron chi connectivity index (χ0n) is 11.2. The fraction of sp³-hybridized carbons (Fsp3) is 0.500. The Balaban J connectivity index is 2.80. The molecule has 4 heteroatoms. The first-order valence-corrected chi connectivity index (χ1v) is 6.63. The van der Waals surface area contributed by atoms with E-state index in [0.29, 0.717) is 18.1 Å². The maximum absolute atomic E-state index is 12.2. The average Bonchev–Trinajstić information content (AvgIpc) is 2.36. The highest BCUT2D eigenvalue weighted by atomic mass is 35.5. The summed E-state index contributed by atoms with van der Waals surface area (Å²) in [7, 11) is 0. The molecule has 1 aromatic rings. The Morgan fingerprint density at radius 1 is 1.39 bits per heavy atom. The summed E-state index contributed by atoms with van der Waals surface area (Å²) in [4.78, 5) is 13.9. The van der Waals surface area contributed by atoms with Gasteiger partial charge in [0.1, 0.15) is 0 Å². The molecule has 0 aliphatic carbocycles. The minimum absolute atomic E-state index is 0.0209. The van der Waals surface area contributed by atoms with Crippen LogP contribution in [0.2, 0.25) is 5.02 Å². The molecule has 0 aliphatic heterocycles. The van der Waals surface area contributed by atoms with E-state index in [4.69, 9.17) is 17.3 Å². The van der Waals surface area contributed by atoms with Crippen LogP contribution in [0, 0.1) is 5.92 Å². The van der Waals surface area contributed by atoms with Gasteiger partial charge in [-0.15, -0.1) is 0 Å². The minimum Gasteiger partial charge on any atom is -0.337 e. The van der Waals surface area contributed by atoms with Crippen LogP contribution in [-0.2, 0) is 11.3 Å². The van der Waals surface area contributed by atoms with Crippen molar-refractivity contribution >= 4 is 17.5 Å². The molecule has 3 nitrogen and oxygen atoms in total. The van der Waals surface area contributed by atoms with Gasteiger partial charge < -0.3 is 10.6 Å². The molecule has 0 aromatic heterocycles. The van der Waals surface area contributed by atoms with E-state index in [1.54, 1.807) is 4.90 Å². The number of benzene rings is 1. The zero-order valence-corrected chi connectivity index (χ0v) is 11.9. The van der Waals surface area contributed by atoms with E-state index in [0.717, 1.165) is 5.56 Å². The highest BCUT2D eigenvalue weighted by molar-refractivity contribution is 6.31. The van der Waals surface area contributed by atoms with Gasteiger partial charge in [0.2, 0.25) is 5.91 Å². The summed E-state index contributed by atoms with van der Waals surface area (Å²) < 4.78 is 0. The van der Waals surface area contributed by atoms with Crippen molar-refractivity contribution in [1.29, 1.82) is 0 Å². The maximum Gasteiger partial charge on any atom is 0.240 e. The normalized spacial score (nSPS) is 12.6. The Morgan fingerprint density at radius 3 is 2.50 bits per heavy atom. The van der Waals surface area contributed by atoms with Crippen LogP contribution < -0.4 is 5.73 Å². The van der Waals surface area contributed by atoms with E-state index in [9.17, 15) is 4.79 Å². The molecule has 0 heterocycles. The first-order chi connectivity index (χ1) is 8.47.